The fourth-order valence-corrected chi connectivity index (χ4v) is 2.75. The fraction of sp³-hybridized carbons (Fsp3) is 0.500. The van der Waals surface area contributed by atoms with Gasteiger partial charge in [-0.25, -0.2) is 4.79 Å². The molecule has 1 atom stereocenters. The number of nitrogens with one attached hydrogen (secondary N) is 3. The fourth-order valence-electron chi connectivity index (χ4n) is 2.75. The van der Waals surface area contributed by atoms with Gasteiger partial charge in [-0.2, -0.15) is 0 Å². The van der Waals surface area contributed by atoms with E-state index in [0.29, 0.717) is 24.4 Å². The van der Waals surface area contributed by atoms with E-state index in [4.69, 9.17) is 4.74 Å². The highest BCUT2D eigenvalue weighted by Crippen LogP contribution is 2.29. The Morgan fingerprint density at radius 2 is 1.88 bits per heavy atom. The third-order valence-electron chi connectivity index (χ3n) is 4.29. The minimum atomic E-state index is -1.20. The van der Waals surface area contributed by atoms with Crippen LogP contribution in [0.25, 0.3) is 0 Å². The van der Waals surface area contributed by atoms with Gasteiger partial charge in [0, 0.05) is 13.1 Å². The molecule has 1 aliphatic rings. The monoisotopic (exact) mass is 362 g/mol. The second-order valence-electron chi connectivity index (χ2n) is 6.27. The molecule has 0 radical (unpaired) electrons. The van der Waals surface area contributed by atoms with Crippen molar-refractivity contribution in [2.45, 2.75) is 25.8 Å². The average molecular weight is 362 g/mol. The third-order valence-corrected chi connectivity index (χ3v) is 4.29. The molecule has 1 aliphatic heterocycles. The molecule has 1 heterocycles. The molecule has 8 heteroatoms. The number of benzene rings is 1. The number of carbonyl (C=O) groups excluding carboxylic acids is 3. The van der Waals surface area contributed by atoms with Gasteiger partial charge in [0.2, 0.25) is 5.91 Å². The summed E-state index contributed by atoms with van der Waals surface area (Å²) in [5.41, 5.74) is -0.574. The van der Waals surface area contributed by atoms with Gasteiger partial charge in [0.25, 0.3) is 5.91 Å². The summed E-state index contributed by atoms with van der Waals surface area (Å²) < 4.78 is 5.11. The van der Waals surface area contributed by atoms with Gasteiger partial charge in [0.15, 0.2) is 0 Å². The summed E-state index contributed by atoms with van der Waals surface area (Å²) >= 11 is 0. The van der Waals surface area contributed by atoms with Gasteiger partial charge in [-0.15, -0.1) is 0 Å². The molecule has 1 unspecified atom stereocenters. The van der Waals surface area contributed by atoms with Crippen LogP contribution in [0.4, 0.5) is 4.79 Å². The van der Waals surface area contributed by atoms with Gasteiger partial charge >= 0.3 is 6.03 Å². The predicted molar refractivity (Wildman–Crippen MR) is 96.8 cm³/mol. The van der Waals surface area contributed by atoms with Crippen LogP contribution < -0.4 is 20.7 Å². The first-order chi connectivity index (χ1) is 12.4. The predicted octanol–water partition coefficient (Wildman–Crippen LogP) is 0.578. The molecule has 1 aromatic rings. The molecule has 0 spiro atoms. The number of nitrogens with zero attached hydrogens (tertiary/aromatic N) is 1. The summed E-state index contributed by atoms with van der Waals surface area (Å²) in [5, 5.41) is 8.54. The zero-order valence-corrected chi connectivity index (χ0v) is 15.4. The second kappa shape index (κ2) is 8.66. The summed E-state index contributed by atoms with van der Waals surface area (Å²) in [4.78, 5) is 38.0. The topological polar surface area (TPSA) is 99.8 Å². The maximum absolute atomic E-state index is 12.8. The molecule has 0 bridgehead atoms. The average Bonchev–Trinajstić information content (AvgIpc) is 2.85. The van der Waals surface area contributed by atoms with Crippen molar-refractivity contribution in [2.75, 3.05) is 33.3 Å². The molecule has 142 valence electrons. The van der Waals surface area contributed by atoms with Crippen molar-refractivity contribution in [1.29, 1.82) is 0 Å². The van der Waals surface area contributed by atoms with E-state index in [1.165, 1.54) is 0 Å². The van der Waals surface area contributed by atoms with E-state index in [9.17, 15) is 14.4 Å². The van der Waals surface area contributed by atoms with Crippen molar-refractivity contribution in [2.24, 2.45) is 0 Å². The van der Waals surface area contributed by atoms with E-state index in [-0.39, 0.29) is 12.5 Å². The Labute approximate surface area is 153 Å². The van der Waals surface area contributed by atoms with Gasteiger partial charge in [0.1, 0.15) is 17.8 Å². The molecule has 0 aromatic heterocycles. The van der Waals surface area contributed by atoms with Crippen molar-refractivity contribution in [1.82, 2.24) is 20.9 Å². The number of carbonyl (C=O) groups is 3. The SMILES string of the molecule is CCCNCCNC(=O)CN1C(=O)NC(C)(c2ccc(OC)cc2)C1=O. The van der Waals surface area contributed by atoms with Crippen LogP contribution >= 0.6 is 0 Å². The molecule has 4 amide bonds. The molecule has 2 rings (SSSR count). The Balaban J connectivity index is 1.97. The summed E-state index contributed by atoms with van der Waals surface area (Å²) in [6, 6.07) is 6.31. The number of ether oxygens (including phenoxy) is 1. The number of imide groups is 1. The number of methoxy groups -OCH3 is 1. The molecular weight excluding hydrogens is 336 g/mol. The molecule has 8 nitrogen and oxygen atoms in total. The largest absolute Gasteiger partial charge is 0.497 e. The number of urea groups is 1. The van der Waals surface area contributed by atoms with Crippen LogP contribution in [0.3, 0.4) is 0 Å². The van der Waals surface area contributed by atoms with Crippen LogP contribution in [0.5, 0.6) is 5.75 Å². The Morgan fingerprint density at radius 3 is 2.50 bits per heavy atom. The van der Waals surface area contributed by atoms with Gasteiger partial charge in [-0.3, -0.25) is 14.5 Å². The molecular formula is C18H26N4O4. The Morgan fingerprint density at radius 1 is 1.19 bits per heavy atom. The van der Waals surface area contributed by atoms with Crippen molar-refractivity contribution in [3.63, 3.8) is 0 Å². The van der Waals surface area contributed by atoms with Crippen molar-refractivity contribution in [3.8, 4) is 5.75 Å². The van der Waals surface area contributed by atoms with E-state index in [2.05, 4.69) is 22.9 Å². The summed E-state index contributed by atoms with van der Waals surface area (Å²) in [7, 11) is 1.55. The lowest BCUT2D eigenvalue weighted by Crippen LogP contribution is -2.44. The van der Waals surface area contributed by atoms with Crippen LogP contribution in [-0.2, 0) is 15.1 Å². The second-order valence-corrected chi connectivity index (χ2v) is 6.27. The van der Waals surface area contributed by atoms with Gasteiger partial charge in [-0.1, -0.05) is 19.1 Å². The zero-order chi connectivity index (χ0) is 19.2. The van der Waals surface area contributed by atoms with Crippen molar-refractivity contribution >= 4 is 17.8 Å². The smallest absolute Gasteiger partial charge is 0.325 e. The lowest BCUT2D eigenvalue weighted by Gasteiger charge is -2.22. The first-order valence-corrected chi connectivity index (χ1v) is 8.68. The highest BCUT2D eigenvalue weighted by atomic mass is 16.5. The van der Waals surface area contributed by atoms with E-state index in [0.717, 1.165) is 17.9 Å². The highest BCUT2D eigenvalue weighted by Gasteiger charge is 2.49. The maximum atomic E-state index is 12.8. The normalized spacial score (nSPS) is 19.4. The minimum Gasteiger partial charge on any atom is -0.497 e. The first kappa shape index (κ1) is 19.7. The third kappa shape index (κ3) is 4.32. The Bertz CT molecular complexity index is 662. The number of amides is 4. The standard InChI is InChI=1S/C18H26N4O4/c1-4-9-19-10-11-20-15(23)12-22-16(24)18(2,21-17(22)25)13-5-7-14(26-3)8-6-13/h5-8,19H,4,9-12H2,1-3H3,(H,20,23)(H,21,25). The molecule has 3 N–H and O–H groups in total. The van der Waals surface area contributed by atoms with Crippen LogP contribution in [0.1, 0.15) is 25.8 Å². The van der Waals surface area contributed by atoms with E-state index < -0.39 is 17.5 Å². The first-order valence-electron chi connectivity index (χ1n) is 8.68. The Hall–Kier alpha value is -2.61. The lowest BCUT2D eigenvalue weighted by molar-refractivity contribution is -0.134. The summed E-state index contributed by atoms with van der Waals surface area (Å²) in [6.07, 6.45) is 1.01. The summed E-state index contributed by atoms with van der Waals surface area (Å²) in [6.45, 7) is 5.35. The van der Waals surface area contributed by atoms with Crippen LogP contribution in [0.2, 0.25) is 0 Å². The van der Waals surface area contributed by atoms with Gasteiger partial charge in [0.05, 0.1) is 7.11 Å². The number of hydrogen-bond donors (Lipinski definition) is 3. The number of hydrogen-bond acceptors (Lipinski definition) is 5. The zero-order valence-electron chi connectivity index (χ0n) is 15.4. The van der Waals surface area contributed by atoms with E-state index in [1.807, 2.05) is 0 Å². The molecule has 0 aliphatic carbocycles. The van der Waals surface area contributed by atoms with Crippen molar-refractivity contribution < 1.29 is 19.1 Å². The van der Waals surface area contributed by atoms with Gasteiger partial charge < -0.3 is 20.7 Å². The van der Waals surface area contributed by atoms with E-state index >= 15 is 0 Å². The lowest BCUT2D eigenvalue weighted by atomic mass is 9.92. The molecule has 1 saturated heterocycles. The molecule has 1 aromatic carbocycles. The van der Waals surface area contributed by atoms with Gasteiger partial charge in [-0.05, 0) is 37.6 Å². The van der Waals surface area contributed by atoms with Crippen LogP contribution in [-0.4, -0.2) is 56.0 Å². The molecule has 0 saturated carbocycles. The van der Waals surface area contributed by atoms with Crippen LogP contribution in [0, 0.1) is 0 Å². The number of rotatable bonds is 9. The maximum Gasteiger partial charge on any atom is 0.325 e. The minimum absolute atomic E-state index is 0.301. The quantitative estimate of drug-likeness (QED) is 0.441. The van der Waals surface area contributed by atoms with Crippen molar-refractivity contribution in [3.05, 3.63) is 29.8 Å². The molecule has 1 fully saturated rings. The highest BCUT2D eigenvalue weighted by molar-refractivity contribution is 6.09. The van der Waals surface area contributed by atoms with Crippen LogP contribution in [0.15, 0.2) is 24.3 Å². The molecule has 26 heavy (non-hydrogen) atoms. The van der Waals surface area contributed by atoms with E-state index in [1.54, 1.807) is 38.3 Å². The Kier molecular flexibility index (Phi) is 6.57. The summed E-state index contributed by atoms with van der Waals surface area (Å²) in [5.74, 6) is -0.167.